The van der Waals surface area contributed by atoms with Gasteiger partial charge in [0.2, 0.25) is 0 Å². The highest BCUT2D eigenvalue weighted by molar-refractivity contribution is 7.93. The predicted molar refractivity (Wildman–Crippen MR) is 105 cm³/mol. The summed E-state index contributed by atoms with van der Waals surface area (Å²) in [5, 5.41) is 0.664. The van der Waals surface area contributed by atoms with Crippen LogP contribution in [0.2, 0.25) is 5.02 Å². The third-order valence-electron chi connectivity index (χ3n) is 4.49. The van der Waals surface area contributed by atoms with Crippen LogP contribution in [0, 0.1) is 0 Å². The van der Waals surface area contributed by atoms with Crippen molar-refractivity contribution in [2.24, 2.45) is 0 Å². The molecule has 2 aromatic rings. The molecular weight excluding hydrogens is 394 g/mol. The maximum atomic E-state index is 12.7. The Bertz CT molecular complexity index is 870. The molecule has 9 heteroatoms. The number of benzene rings is 1. The van der Waals surface area contributed by atoms with Crippen molar-refractivity contribution in [1.29, 1.82) is 0 Å². The number of hydrogen-bond acceptors (Lipinski definition) is 6. The SMILES string of the molecule is COc1ccc(Cl)cc1S(=O)(=O)Nc1ncc(CN2CCCCC2C)s1. The molecule has 1 aliphatic heterocycles. The van der Waals surface area contributed by atoms with Gasteiger partial charge in [-0.2, -0.15) is 0 Å². The summed E-state index contributed by atoms with van der Waals surface area (Å²) in [5.41, 5.74) is 0. The minimum absolute atomic E-state index is 0.00565. The molecule has 2 heterocycles. The van der Waals surface area contributed by atoms with E-state index in [2.05, 4.69) is 21.5 Å². The predicted octanol–water partition coefficient (Wildman–Crippen LogP) is 3.98. The number of sulfonamides is 1. The number of halogens is 1. The van der Waals surface area contributed by atoms with Gasteiger partial charge in [0.15, 0.2) is 5.13 Å². The van der Waals surface area contributed by atoms with E-state index in [4.69, 9.17) is 16.3 Å². The minimum atomic E-state index is -3.83. The number of thiazole rings is 1. The molecule has 3 rings (SSSR count). The molecule has 0 saturated carbocycles. The average molecular weight is 416 g/mol. The maximum Gasteiger partial charge on any atom is 0.267 e. The van der Waals surface area contributed by atoms with Gasteiger partial charge in [-0.15, -0.1) is 0 Å². The summed E-state index contributed by atoms with van der Waals surface area (Å²) in [6.07, 6.45) is 5.41. The Morgan fingerprint density at radius 3 is 2.96 bits per heavy atom. The van der Waals surface area contributed by atoms with E-state index < -0.39 is 10.0 Å². The standard InChI is InChI=1S/C17H22ClN3O3S2/c1-12-5-3-4-8-21(12)11-14-10-19-17(25-14)20-26(22,23)16-9-13(18)6-7-15(16)24-2/h6-7,9-10,12H,3-5,8,11H2,1-2H3,(H,19,20). The summed E-state index contributed by atoms with van der Waals surface area (Å²) in [5.74, 6) is 0.237. The zero-order valence-corrected chi connectivity index (χ0v) is 17.1. The number of likely N-dealkylation sites (tertiary alicyclic amines) is 1. The monoisotopic (exact) mass is 415 g/mol. The van der Waals surface area contributed by atoms with Crippen LogP contribution in [-0.4, -0.2) is 38.0 Å². The van der Waals surface area contributed by atoms with E-state index in [1.807, 2.05) is 0 Å². The lowest BCUT2D eigenvalue weighted by Gasteiger charge is -2.32. The number of hydrogen-bond donors (Lipinski definition) is 1. The van der Waals surface area contributed by atoms with E-state index in [0.29, 0.717) is 16.2 Å². The van der Waals surface area contributed by atoms with Crippen LogP contribution in [0.1, 0.15) is 31.1 Å². The molecule has 26 heavy (non-hydrogen) atoms. The molecule has 0 bridgehead atoms. The Morgan fingerprint density at radius 1 is 1.42 bits per heavy atom. The molecular formula is C17H22ClN3O3S2. The Balaban J connectivity index is 1.75. The maximum absolute atomic E-state index is 12.7. The van der Waals surface area contributed by atoms with Crippen molar-refractivity contribution in [3.63, 3.8) is 0 Å². The molecule has 1 N–H and O–H groups in total. The van der Waals surface area contributed by atoms with Crippen molar-refractivity contribution >= 4 is 38.1 Å². The number of piperidine rings is 1. The number of nitrogens with zero attached hydrogens (tertiary/aromatic N) is 2. The van der Waals surface area contributed by atoms with Gasteiger partial charge in [0.1, 0.15) is 10.6 Å². The lowest BCUT2D eigenvalue weighted by Crippen LogP contribution is -2.36. The minimum Gasteiger partial charge on any atom is -0.495 e. The van der Waals surface area contributed by atoms with Crippen LogP contribution in [-0.2, 0) is 16.6 Å². The first-order valence-electron chi connectivity index (χ1n) is 8.44. The number of nitrogens with one attached hydrogen (secondary N) is 1. The summed E-state index contributed by atoms with van der Waals surface area (Å²) in [7, 11) is -2.41. The number of anilines is 1. The molecule has 0 amide bonds. The lowest BCUT2D eigenvalue weighted by molar-refractivity contribution is 0.154. The Morgan fingerprint density at radius 2 is 2.23 bits per heavy atom. The first kappa shape index (κ1) is 19.4. The van der Waals surface area contributed by atoms with Crippen molar-refractivity contribution in [2.45, 2.75) is 43.7 Å². The summed E-state index contributed by atoms with van der Waals surface area (Å²) in [6.45, 7) is 4.09. The van der Waals surface area contributed by atoms with Gasteiger partial charge in [-0.25, -0.2) is 13.4 Å². The third-order valence-corrected chi connectivity index (χ3v) is 7.11. The van der Waals surface area contributed by atoms with Gasteiger partial charge in [0, 0.05) is 28.7 Å². The second kappa shape index (κ2) is 8.12. The largest absolute Gasteiger partial charge is 0.495 e. The van der Waals surface area contributed by atoms with Crippen LogP contribution in [0.4, 0.5) is 5.13 Å². The molecule has 1 atom stereocenters. The van der Waals surface area contributed by atoms with Crippen LogP contribution in [0.25, 0.3) is 0 Å². The van der Waals surface area contributed by atoms with Crippen molar-refractivity contribution in [2.75, 3.05) is 18.4 Å². The van der Waals surface area contributed by atoms with Gasteiger partial charge in [-0.1, -0.05) is 29.4 Å². The van der Waals surface area contributed by atoms with Crippen LogP contribution < -0.4 is 9.46 Å². The van der Waals surface area contributed by atoms with Gasteiger partial charge in [0.25, 0.3) is 10.0 Å². The normalized spacial score (nSPS) is 18.7. The molecule has 6 nitrogen and oxygen atoms in total. The van der Waals surface area contributed by atoms with E-state index in [1.165, 1.54) is 49.8 Å². The van der Waals surface area contributed by atoms with Crippen LogP contribution in [0.3, 0.4) is 0 Å². The van der Waals surface area contributed by atoms with Crippen molar-refractivity contribution in [3.8, 4) is 5.75 Å². The number of rotatable bonds is 6. The first-order chi connectivity index (χ1) is 12.4. The first-order valence-corrected chi connectivity index (χ1v) is 11.1. The second-order valence-corrected chi connectivity index (χ2v) is 9.55. The summed E-state index contributed by atoms with van der Waals surface area (Å²) in [6, 6.07) is 5.02. The Labute approximate surface area is 163 Å². The van der Waals surface area contributed by atoms with Gasteiger partial charge in [-0.3, -0.25) is 9.62 Å². The highest BCUT2D eigenvalue weighted by atomic mass is 35.5. The van der Waals surface area contributed by atoms with E-state index >= 15 is 0 Å². The molecule has 1 aromatic carbocycles. The zero-order chi connectivity index (χ0) is 18.7. The van der Waals surface area contributed by atoms with E-state index in [-0.39, 0.29) is 10.6 Å². The van der Waals surface area contributed by atoms with E-state index in [1.54, 1.807) is 12.3 Å². The molecule has 142 valence electrons. The molecule has 1 fully saturated rings. The van der Waals surface area contributed by atoms with E-state index in [9.17, 15) is 8.42 Å². The summed E-state index contributed by atoms with van der Waals surface area (Å²) >= 11 is 7.29. The van der Waals surface area contributed by atoms with Gasteiger partial charge in [-0.05, 0) is 44.5 Å². The lowest BCUT2D eigenvalue weighted by atomic mass is 10.0. The Kier molecular flexibility index (Phi) is 6.06. The van der Waals surface area contributed by atoms with Gasteiger partial charge < -0.3 is 4.74 Å². The highest BCUT2D eigenvalue weighted by Crippen LogP contribution is 2.30. The molecule has 1 saturated heterocycles. The van der Waals surface area contributed by atoms with Crippen LogP contribution in [0.15, 0.2) is 29.3 Å². The Hall–Kier alpha value is -1.35. The highest BCUT2D eigenvalue weighted by Gasteiger charge is 2.23. The van der Waals surface area contributed by atoms with Crippen molar-refractivity contribution < 1.29 is 13.2 Å². The molecule has 1 unspecified atom stereocenters. The molecule has 1 aliphatic rings. The second-order valence-electron chi connectivity index (χ2n) is 6.35. The van der Waals surface area contributed by atoms with Crippen LogP contribution in [0.5, 0.6) is 5.75 Å². The molecule has 0 aliphatic carbocycles. The van der Waals surface area contributed by atoms with Crippen molar-refractivity contribution in [3.05, 3.63) is 34.3 Å². The molecule has 0 spiro atoms. The fourth-order valence-corrected chi connectivity index (χ4v) is 5.56. The number of methoxy groups -OCH3 is 1. The smallest absolute Gasteiger partial charge is 0.267 e. The summed E-state index contributed by atoms with van der Waals surface area (Å²) < 4.78 is 33.1. The number of ether oxygens (including phenoxy) is 1. The molecule has 1 aromatic heterocycles. The summed E-state index contributed by atoms with van der Waals surface area (Å²) in [4.78, 5) is 7.67. The third kappa shape index (κ3) is 4.49. The fraction of sp³-hybridized carbons (Fsp3) is 0.471. The van der Waals surface area contributed by atoms with Gasteiger partial charge >= 0.3 is 0 Å². The fourth-order valence-electron chi connectivity index (χ4n) is 3.05. The number of aromatic nitrogens is 1. The molecule has 0 radical (unpaired) electrons. The van der Waals surface area contributed by atoms with Crippen molar-refractivity contribution in [1.82, 2.24) is 9.88 Å². The van der Waals surface area contributed by atoms with Gasteiger partial charge in [0.05, 0.1) is 7.11 Å². The quantitative estimate of drug-likeness (QED) is 0.772. The van der Waals surface area contributed by atoms with Crippen LogP contribution >= 0.6 is 22.9 Å². The zero-order valence-electron chi connectivity index (χ0n) is 14.7. The topological polar surface area (TPSA) is 71.5 Å². The average Bonchev–Trinajstić information content (AvgIpc) is 3.03. The van der Waals surface area contributed by atoms with E-state index in [0.717, 1.165) is 18.0 Å².